The number of carbonyl (C=O) groups excluding carboxylic acids is 1. The van der Waals surface area contributed by atoms with Gasteiger partial charge in [-0.05, 0) is 12.1 Å². The zero-order valence-electron chi connectivity index (χ0n) is 11.9. The van der Waals surface area contributed by atoms with Crippen LogP contribution in [0.1, 0.15) is 0 Å². The third-order valence-electron chi connectivity index (χ3n) is 2.88. The van der Waals surface area contributed by atoms with Crippen molar-refractivity contribution in [3.63, 3.8) is 0 Å². The van der Waals surface area contributed by atoms with E-state index in [-0.39, 0.29) is 12.4 Å². The van der Waals surface area contributed by atoms with E-state index in [2.05, 4.69) is 20.3 Å². The van der Waals surface area contributed by atoms with Gasteiger partial charge in [-0.15, -0.1) is 0 Å². The molecule has 0 aliphatic rings. The van der Waals surface area contributed by atoms with Gasteiger partial charge in [0.15, 0.2) is 18.2 Å². The van der Waals surface area contributed by atoms with Crippen LogP contribution < -0.4 is 10.1 Å². The molecule has 0 bridgehead atoms. The van der Waals surface area contributed by atoms with Crippen molar-refractivity contribution >= 4 is 11.7 Å². The highest BCUT2D eigenvalue weighted by atomic mass is 19.1. The maximum Gasteiger partial charge on any atom is 0.263 e. The Labute approximate surface area is 130 Å². The SMILES string of the molecule is O=C(COc1ccccc1F)Nc1cc(-n2ccnc2)ncn1. The van der Waals surface area contributed by atoms with Crippen molar-refractivity contribution in [3.8, 4) is 11.6 Å². The van der Waals surface area contributed by atoms with E-state index < -0.39 is 11.7 Å². The van der Waals surface area contributed by atoms with E-state index in [9.17, 15) is 9.18 Å². The molecule has 7 nitrogen and oxygen atoms in total. The van der Waals surface area contributed by atoms with Crippen molar-refractivity contribution in [2.24, 2.45) is 0 Å². The van der Waals surface area contributed by atoms with Gasteiger partial charge < -0.3 is 10.1 Å². The number of hydrogen-bond acceptors (Lipinski definition) is 5. The highest BCUT2D eigenvalue weighted by Gasteiger charge is 2.08. The Kier molecular flexibility index (Phi) is 4.23. The molecule has 0 aliphatic carbocycles. The fourth-order valence-corrected chi connectivity index (χ4v) is 1.84. The largest absolute Gasteiger partial charge is 0.481 e. The number of anilines is 1. The maximum absolute atomic E-state index is 13.4. The Morgan fingerprint density at radius 2 is 2.17 bits per heavy atom. The van der Waals surface area contributed by atoms with Gasteiger partial charge in [0.05, 0.1) is 0 Å². The summed E-state index contributed by atoms with van der Waals surface area (Å²) in [5.74, 6) is -0.0913. The van der Waals surface area contributed by atoms with Crippen molar-refractivity contribution in [2.75, 3.05) is 11.9 Å². The molecule has 8 heteroatoms. The average molecular weight is 313 g/mol. The maximum atomic E-state index is 13.4. The number of ether oxygens (including phenoxy) is 1. The fourth-order valence-electron chi connectivity index (χ4n) is 1.84. The number of amides is 1. The summed E-state index contributed by atoms with van der Waals surface area (Å²) in [5.41, 5.74) is 0. The van der Waals surface area contributed by atoms with Crippen molar-refractivity contribution in [1.29, 1.82) is 0 Å². The number of carbonyl (C=O) groups is 1. The molecule has 3 aromatic rings. The van der Waals surface area contributed by atoms with Crippen LogP contribution in [-0.4, -0.2) is 32.0 Å². The number of nitrogens with one attached hydrogen (secondary N) is 1. The number of nitrogens with zero attached hydrogens (tertiary/aromatic N) is 4. The quantitative estimate of drug-likeness (QED) is 0.777. The van der Waals surface area contributed by atoms with E-state index in [1.54, 1.807) is 41.5 Å². The summed E-state index contributed by atoms with van der Waals surface area (Å²) in [4.78, 5) is 23.8. The Morgan fingerprint density at radius 3 is 2.96 bits per heavy atom. The van der Waals surface area contributed by atoms with Crippen LogP contribution in [-0.2, 0) is 4.79 Å². The molecule has 2 aromatic heterocycles. The topological polar surface area (TPSA) is 81.9 Å². The molecule has 23 heavy (non-hydrogen) atoms. The number of para-hydroxylation sites is 1. The third-order valence-corrected chi connectivity index (χ3v) is 2.88. The number of aromatic nitrogens is 4. The van der Waals surface area contributed by atoms with E-state index in [1.807, 2.05) is 0 Å². The van der Waals surface area contributed by atoms with Gasteiger partial charge in [0.1, 0.15) is 24.3 Å². The molecule has 0 aliphatic heterocycles. The second-order valence-electron chi connectivity index (χ2n) is 4.50. The molecule has 116 valence electrons. The first-order chi connectivity index (χ1) is 11.2. The van der Waals surface area contributed by atoms with Gasteiger partial charge >= 0.3 is 0 Å². The predicted molar refractivity (Wildman–Crippen MR) is 79.7 cm³/mol. The molecule has 0 fully saturated rings. The van der Waals surface area contributed by atoms with E-state index >= 15 is 0 Å². The first-order valence-electron chi connectivity index (χ1n) is 6.70. The Morgan fingerprint density at radius 1 is 1.30 bits per heavy atom. The van der Waals surface area contributed by atoms with Crippen LogP contribution in [0.2, 0.25) is 0 Å². The summed E-state index contributed by atoms with van der Waals surface area (Å²) in [5, 5.41) is 2.56. The lowest BCUT2D eigenvalue weighted by molar-refractivity contribution is -0.118. The van der Waals surface area contributed by atoms with Gasteiger partial charge in [-0.2, -0.15) is 0 Å². The lowest BCUT2D eigenvalue weighted by Crippen LogP contribution is -2.21. The molecule has 0 atom stereocenters. The minimum Gasteiger partial charge on any atom is -0.481 e. The van der Waals surface area contributed by atoms with Crippen LogP contribution >= 0.6 is 0 Å². The first kappa shape index (κ1) is 14.6. The van der Waals surface area contributed by atoms with Crippen LogP contribution in [0.25, 0.3) is 5.82 Å². The van der Waals surface area contributed by atoms with Gasteiger partial charge in [-0.3, -0.25) is 9.36 Å². The monoisotopic (exact) mass is 313 g/mol. The highest BCUT2D eigenvalue weighted by Crippen LogP contribution is 2.15. The van der Waals surface area contributed by atoms with Crippen molar-refractivity contribution in [1.82, 2.24) is 19.5 Å². The van der Waals surface area contributed by atoms with Crippen molar-refractivity contribution in [2.45, 2.75) is 0 Å². The second kappa shape index (κ2) is 6.65. The smallest absolute Gasteiger partial charge is 0.263 e. The summed E-state index contributed by atoms with van der Waals surface area (Å²) in [6, 6.07) is 7.46. The predicted octanol–water partition coefficient (Wildman–Crippen LogP) is 1.82. The zero-order chi connectivity index (χ0) is 16.1. The number of benzene rings is 1. The summed E-state index contributed by atoms with van der Waals surface area (Å²) in [7, 11) is 0. The minimum absolute atomic E-state index is 0.0180. The van der Waals surface area contributed by atoms with Crippen LogP contribution in [0, 0.1) is 5.82 Å². The molecule has 1 N–H and O–H groups in total. The molecule has 0 spiro atoms. The van der Waals surface area contributed by atoms with Crippen LogP contribution in [0.5, 0.6) is 5.75 Å². The van der Waals surface area contributed by atoms with E-state index in [0.717, 1.165) is 0 Å². The van der Waals surface area contributed by atoms with Gasteiger partial charge in [0.2, 0.25) is 0 Å². The molecule has 2 heterocycles. The van der Waals surface area contributed by atoms with Crippen LogP contribution in [0.3, 0.4) is 0 Å². The number of hydrogen-bond donors (Lipinski definition) is 1. The lowest BCUT2D eigenvalue weighted by atomic mass is 10.3. The van der Waals surface area contributed by atoms with Crippen molar-refractivity contribution < 1.29 is 13.9 Å². The Bertz CT molecular complexity index is 807. The summed E-state index contributed by atoms with van der Waals surface area (Å²) in [6.45, 7) is -0.328. The standard InChI is InChI=1S/C15H12FN5O2/c16-11-3-1-2-4-12(11)23-8-15(22)20-13-7-14(19-9-18-13)21-6-5-17-10-21/h1-7,9-10H,8H2,(H,18,19,20,22). The molecule has 1 aromatic carbocycles. The molecule has 0 radical (unpaired) electrons. The van der Waals surface area contributed by atoms with Crippen LogP contribution in [0.4, 0.5) is 10.2 Å². The number of rotatable bonds is 5. The lowest BCUT2D eigenvalue weighted by Gasteiger charge is -2.08. The molecule has 3 rings (SSSR count). The fraction of sp³-hybridized carbons (Fsp3) is 0.0667. The molecular weight excluding hydrogens is 301 g/mol. The molecule has 1 amide bonds. The van der Waals surface area contributed by atoms with Gasteiger partial charge in [0.25, 0.3) is 5.91 Å². The van der Waals surface area contributed by atoms with Crippen molar-refractivity contribution in [3.05, 3.63) is 61.2 Å². The van der Waals surface area contributed by atoms with E-state index in [0.29, 0.717) is 11.6 Å². The Hall–Kier alpha value is -3.29. The highest BCUT2D eigenvalue weighted by molar-refractivity contribution is 5.91. The summed E-state index contributed by atoms with van der Waals surface area (Å²) < 4.78 is 20.2. The second-order valence-corrected chi connectivity index (χ2v) is 4.50. The van der Waals surface area contributed by atoms with Gasteiger partial charge in [-0.1, -0.05) is 12.1 Å². The molecule has 0 unspecified atom stereocenters. The first-order valence-corrected chi connectivity index (χ1v) is 6.70. The van der Waals surface area contributed by atoms with E-state index in [4.69, 9.17) is 4.74 Å². The minimum atomic E-state index is -0.523. The molecule has 0 saturated heterocycles. The Balaban J connectivity index is 1.62. The van der Waals surface area contributed by atoms with Crippen LogP contribution in [0.15, 0.2) is 55.4 Å². The summed E-state index contributed by atoms with van der Waals surface area (Å²) in [6.07, 6.45) is 6.23. The van der Waals surface area contributed by atoms with E-state index in [1.165, 1.54) is 18.5 Å². The number of imidazole rings is 1. The molecular formula is C15H12FN5O2. The third kappa shape index (κ3) is 3.67. The normalized spacial score (nSPS) is 10.3. The summed E-state index contributed by atoms with van der Waals surface area (Å²) >= 11 is 0. The number of halogens is 1. The zero-order valence-corrected chi connectivity index (χ0v) is 11.9. The average Bonchev–Trinajstić information content (AvgIpc) is 3.09. The van der Waals surface area contributed by atoms with Gasteiger partial charge in [-0.25, -0.2) is 19.3 Å². The van der Waals surface area contributed by atoms with Gasteiger partial charge in [0, 0.05) is 18.5 Å². The molecule has 0 saturated carbocycles.